The molecule has 128 valence electrons. The molecule has 2 aromatic rings. The largest absolute Gasteiger partial charge is 0.393 e. The molecular weight excluding hydrogens is 324 g/mol. The van der Waals surface area contributed by atoms with Gasteiger partial charge in [-0.05, 0) is 49.2 Å². The molecule has 0 radical (unpaired) electrons. The molecule has 25 heavy (non-hydrogen) atoms. The molecule has 1 aliphatic rings. The standard InChI is InChI=1S/C20H17F2NO2/c21-18-3-1-2-15(19(18)22)7-4-14-5-8-16(9-6-14)20(25)23-12-10-17(24)11-13-23/h1-3,5-6,8-9,17,24H,10-13H2. The van der Waals surface area contributed by atoms with Crippen molar-refractivity contribution in [3.05, 3.63) is 70.8 Å². The summed E-state index contributed by atoms with van der Waals surface area (Å²) in [6, 6.07) is 10.5. The molecule has 1 saturated heterocycles. The van der Waals surface area contributed by atoms with Crippen LogP contribution in [0.25, 0.3) is 0 Å². The van der Waals surface area contributed by atoms with Gasteiger partial charge in [0, 0.05) is 24.2 Å². The number of carbonyl (C=O) groups excluding carboxylic acids is 1. The molecule has 2 aromatic carbocycles. The topological polar surface area (TPSA) is 40.5 Å². The summed E-state index contributed by atoms with van der Waals surface area (Å²) in [4.78, 5) is 14.1. The number of amides is 1. The molecule has 5 heteroatoms. The van der Waals surface area contributed by atoms with E-state index in [4.69, 9.17) is 0 Å². The van der Waals surface area contributed by atoms with Gasteiger partial charge in [0.15, 0.2) is 11.6 Å². The average molecular weight is 341 g/mol. The maximum Gasteiger partial charge on any atom is 0.253 e. The second kappa shape index (κ2) is 7.45. The zero-order valence-electron chi connectivity index (χ0n) is 13.5. The normalized spacial score (nSPS) is 14.8. The highest BCUT2D eigenvalue weighted by Crippen LogP contribution is 2.15. The van der Waals surface area contributed by atoms with Gasteiger partial charge in [0.25, 0.3) is 5.91 Å². The van der Waals surface area contributed by atoms with Crippen LogP contribution in [0.2, 0.25) is 0 Å². The molecule has 1 fully saturated rings. The first kappa shape index (κ1) is 17.1. The Labute approximate surface area is 144 Å². The number of aliphatic hydroxyl groups excluding tert-OH is 1. The SMILES string of the molecule is O=C(c1ccc(C#Cc2cccc(F)c2F)cc1)N1CCC(O)CC1. The third kappa shape index (κ3) is 4.04. The van der Waals surface area contributed by atoms with Crippen molar-refractivity contribution < 1.29 is 18.7 Å². The molecule has 0 saturated carbocycles. The van der Waals surface area contributed by atoms with Crippen molar-refractivity contribution in [2.24, 2.45) is 0 Å². The molecule has 1 heterocycles. The Kier molecular flexibility index (Phi) is 5.11. The Morgan fingerprint density at radius 2 is 1.72 bits per heavy atom. The Hall–Kier alpha value is -2.71. The second-order valence-electron chi connectivity index (χ2n) is 5.95. The number of carbonyl (C=O) groups is 1. The van der Waals surface area contributed by atoms with Gasteiger partial charge < -0.3 is 10.0 Å². The lowest BCUT2D eigenvalue weighted by Crippen LogP contribution is -2.40. The fraction of sp³-hybridized carbons (Fsp3) is 0.250. The van der Waals surface area contributed by atoms with Crippen molar-refractivity contribution in [3.63, 3.8) is 0 Å². The van der Waals surface area contributed by atoms with Crippen LogP contribution in [0.4, 0.5) is 8.78 Å². The van der Waals surface area contributed by atoms with E-state index in [0.29, 0.717) is 37.1 Å². The molecule has 0 aliphatic carbocycles. The zero-order valence-corrected chi connectivity index (χ0v) is 13.5. The highest BCUT2D eigenvalue weighted by Gasteiger charge is 2.22. The van der Waals surface area contributed by atoms with E-state index >= 15 is 0 Å². The Morgan fingerprint density at radius 3 is 2.40 bits per heavy atom. The molecule has 0 unspecified atom stereocenters. The van der Waals surface area contributed by atoms with Crippen LogP contribution in [-0.4, -0.2) is 35.1 Å². The summed E-state index contributed by atoms with van der Waals surface area (Å²) in [6.45, 7) is 1.08. The van der Waals surface area contributed by atoms with E-state index in [-0.39, 0.29) is 17.6 Å². The lowest BCUT2D eigenvalue weighted by molar-refractivity contribution is 0.0546. The Morgan fingerprint density at radius 1 is 1.04 bits per heavy atom. The summed E-state index contributed by atoms with van der Waals surface area (Å²) in [5.41, 5.74) is 1.14. The maximum absolute atomic E-state index is 13.6. The molecular formula is C20H17F2NO2. The van der Waals surface area contributed by atoms with Crippen LogP contribution < -0.4 is 0 Å². The van der Waals surface area contributed by atoms with E-state index in [1.807, 2.05) is 0 Å². The molecule has 0 atom stereocenters. The summed E-state index contributed by atoms with van der Waals surface area (Å²) in [5.74, 6) is 3.39. The van der Waals surface area contributed by atoms with Crippen LogP contribution in [-0.2, 0) is 0 Å². The van der Waals surface area contributed by atoms with Crippen LogP contribution in [0.5, 0.6) is 0 Å². The summed E-state index contributed by atoms with van der Waals surface area (Å²) < 4.78 is 26.7. The van der Waals surface area contributed by atoms with E-state index in [9.17, 15) is 18.7 Å². The van der Waals surface area contributed by atoms with E-state index in [2.05, 4.69) is 11.8 Å². The van der Waals surface area contributed by atoms with Crippen LogP contribution in [0.15, 0.2) is 42.5 Å². The van der Waals surface area contributed by atoms with E-state index in [1.54, 1.807) is 29.2 Å². The molecule has 1 amide bonds. The molecule has 3 nitrogen and oxygen atoms in total. The van der Waals surface area contributed by atoms with Gasteiger partial charge >= 0.3 is 0 Å². The molecule has 1 N–H and O–H groups in total. The summed E-state index contributed by atoms with van der Waals surface area (Å²) in [7, 11) is 0. The third-order valence-electron chi connectivity index (χ3n) is 4.18. The van der Waals surface area contributed by atoms with Crippen molar-refractivity contribution in [2.45, 2.75) is 18.9 Å². The van der Waals surface area contributed by atoms with Gasteiger partial charge in [-0.1, -0.05) is 17.9 Å². The van der Waals surface area contributed by atoms with Gasteiger partial charge in [0.1, 0.15) is 0 Å². The number of benzene rings is 2. The lowest BCUT2D eigenvalue weighted by Gasteiger charge is -2.29. The smallest absolute Gasteiger partial charge is 0.253 e. The fourth-order valence-electron chi connectivity index (χ4n) is 2.69. The maximum atomic E-state index is 13.6. The first-order valence-corrected chi connectivity index (χ1v) is 8.08. The van der Waals surface area contributed by atoms with Crippen LogP contribution in [0, 0.1) is 23.5 Å². The van der Waals surface area contributed by atoms with Crippen molar-refractivity contribution >= 4 is 5.91 Å². The highest BCUT2D eigenvalue weighted by molar-refractivity contribution is 5.94. The van der Waals surface area contributed by atoms with Gasteiger partial charge in [-0.3, -0.25) is 4.79 Å². The molecule has 1 aliphatic heterocycles. The van der Waals surface area contributed by atoms with Gasteiger partial charge in [0.05, 0.1) is 11.7 Å². The number of hydrogen-bond acceptors (Lipinski definition) is 2. The minimum atomic E-state index is -0.964. The first-order chi connectivity index (χ1) is 12.0. The molecule has 0 aromatic heterocycles. The summed E-state index contributed by atoms with van der Waals surface area (Å²) >= 11 is 0. The van der Waals surface area contributed by atoms with Gasteiger partial charge in [-0.2, -0.15) is 0 Å². The van der Waals surface area contributed by atoms with Gasteiger partial charge in [0.2, 0.25) is 0 Å². The van der Waals surface area contributed by atoms with E-state index < -0.39 is 11.6 Å². The van der Waals surface area contributed by atoms with Crippen LogP contribution in [0.1, 0.15) is 34.3 Å². The minimum absolute atomic E-state index is 0.00738. The van der Waals surface area contributed by atoms with Crippen molar-refractivity contribution in [1.82, 2.24) is 4.90 Å². The van der Waals surface area contributed by atoms with E-state index in [0.717, 1.165) is 6.07 Å². The van der Waals surface area contributed by atoms with Gasteiger partial charge in [-0.15, -0.1) is 0 Å². The summed E-state index contributed by atoms with van der Waals surface area (Å²) in [5, 5.41) is 9.50. The molecule has 0 bridgehead atoms. The van der Waals surface area contributed by atoms with Crippen molar-refractivity contribution in [3.8, 4) is 11.8 Å². The number of hydrogen-bond donors (Lipinski definition) is 1. The zero-order chi connectivity index (χ0) is 17.8. The predicted octanol–water partition coefficient (Wildman–Crippen LogP) is 2.96. The lowest BCUT2D eigenvalue weighted by atomic mass is 10.1. The number of halogens is 2. The average Bonchev–Trinajstić information content (AvgIpc) is 2.63. The van der Waals surface area contributed by atoms with Crippen molar-refractivity contribution in [2.75, 3.05) is 13.1 Å². The van der Waals surface area contributed by atoms with Crippen LogP contribution in [0.3, 0.4) is 0 Å². The third-order valence-corrected chi connectivity index (χ3v) is 4.18. The van der Waals surface area contributed by atoms with Gasteiger partial charge in [-0.25, -0.2) is 8.78 Å². The number of piperidine rings is 1. The second-order valence-corrected chi connectivity index (χ2v) is 5.95. The quantitative estimate of drug-likeness (QED) is 0.810. The number of rotatable bonds is 1. The number of nitrogens with zero attached hydrogens (tertiary/aromatic N) is 1. The van der Waals surface area contributed by atoms with E-state index in [1.165, 1.54) is 12.1 Å². The van der Waals surface area contributed by atoms with Crippen LogP contribution >= 0.6 is 0 Å². The summed E-state index contributed by atoms with van der Waals surface area (Å²) in [6.07, 6.45) is 0.855. The fourth-order valence-corrected chi connectivity index (χ4v) is 2.69. The van der Waals surface area contributed by atoms with Crippen molar-refractivity contribution in [1.29, 1.82) is 0 Å². The first-order valence-electron chi connectivity index (χ1n) is 8.08. The highest BCUT2D eigenvalue weighted by atomic mass is 19.2. The Balaban J connectivity index is 1.72. The number of aliphatic hydroxyl groups is 1. The predicted molar refractivity (Wildman–Crippen MR) is 89.9 cm³/mol. The molecule has 3 rings (SSSR count). The number of likely N-dealkylation sites (tertiary alicyclic amines) is 1. The minimum Gasteiger partial charge on any atom is -0.393 e. The monoisotopic (exact) mass is 341 g/mol. The molecule has 0 spiro atoms. The Bertz CT molecular complexity index is 829.